The van der Waals surface area contributed by atoms with Crippen molar-refractivity contribution in [3.8, 4) is 11.8 Å². The van der Waals surface area contributed by atoms with Crippen LogP contribution in [0.5, 0.6) is 5.75 Å². The van der Waals surface area contributed by atoms with Crippen LogP contribution in [0.15, 0.2) is 48.9 Å². The summed E-state index contributed by atoms with van der Waals surface area (Å²) in [6.07, 6.45) is 4.48. The zero-order valence-electron chi connectivity index (χ0n) is 18.4. The predicted octanol–water partition coefficient (Wildman–Crippen LogP) is 2.27. The van der Waals surface area contributed by atoms with Crippen molar-refractivity contribution < 1.29 is 24.2 Å². The van der Waals surface area contributed by atoms with Crippen LogP contribution < -0.4 is 10.5 Å². The van der Waals surface area contributed by atoms with Crippen LogP contribution >= 0.6 is 0 Å². The number of pyridine rings is 1. The molecule has 0 unspecified atom stereocenters. The average Bonchev–Trinajstić information content (AvgIpc) is 3.26. The molecule has 2 heterocycles. The molecule has 0 aliphatic rings. The monoisotopic (exact) mass is 451 g/mol. The van der Waals surface area contributed by atoms with Gasteiger partial charge in [0, 0.05) is 37.0 Å². The molecule has 0 spiro atoms. The molecule has 10 nitrogen and oxygen atoms in total. The Kier molecular flexibility index (Phi) is 9.55. The van der Waals surface area contributed by atoms with E-state index in [1.54, 1.807) is 6.92 Å². The summed E-state index contributed by atoms with van der Waals surface area (Å²) < 4.78 is 11.7. The molecule has 0 fully saturated rings. The second kappa shape index (κ2) is 12.6. The van der Waals surface area contributed by atoms with Crippen molar-refractivity contribution in [2.45, 2.75) is 19.9 Å². The molecule has 0 aliphatic heterocycles. The van der Waals surface area contributed by atoms with Gasteiger partial charge in [-0.05, 0) is 31.2 Å². The average molecular weight is 451 g/mol. The van der Waals surface area contributed by atoms with Crippen molar-refractivity contribution in [1.29, 1.82) is 5.26 Å². The van der Waals surface area contributed by atoms with E-state index < -0.39 is 11.9 Å². The summed E-state index contributed by atoms with van der Waals surface area (Å²) in [5.74, 6) is -1.66. The maximum absolute atomic E-state index is 11.2. The Balaban J connectivity index is 0.000000234. The molecule has 0 aliphatic carbocycles. The number of imidazole rings is 1. The number of benzene rings is 1. The second-order valence-electron chi connectivity index (χ2n) is 6.66. The summed E-state index contributed by atoms with van der Waals surface area (Å²) in [4.78, 5) is 29.7. The third kappa shape index (κ3) is 7.45. The molecule has 0 bridgehead atoms. The zero-order valence-corrected chi connectivity index (χ0v) is 18.4. The van der Waals surface area contributed by atoms with Crippen LogP contribution in [0, 0.1) is 11.3 Å². The zero-order chi connectivity index (χ0) is 24.2. The third-order valence-corrected chi connectivity index (χ3v) is 4.36. The summed E-state index contributed by atoms with van der Waals surface area (Å²) in [6.45, 7) is 3.50. The van der Waals surface area contributed by atoms with E-state index in [2.05, 4.69) is 25.3 Å². The normalized spacial score (nSPS) is 9.88. The Morgan fingerprint density at radius 1 is 1.21 bits per heavy atom. The van der Waals surface area contributed by atoms with Gasteiger partial charge in [0.2, 0.25) is 0 Å². The highest BCUT2D eigenvalue weighted by Gasteiger charge is 2.14. The molecule has 3 aromatic rings. The maximum atomic E-state index is 11.2. The van der Waals surface area contributed by atoms with Crippen molar-refractivity contribution in [3.63, 3.8) is 0 Å². The highest BCUT2D eigenvalue weighted by atomic mass is 16.5. The number of carbonyl (C=O) groups is 2. The van der Waals surface area contributed by atoms with Gasteiger partial charge >= 0.3 is 11.9 Å². The van der Waals surface area contributed by atoms with Crippen LogP contribution in [0.4, 0.5) is 0 Å². The molecule has 0 atom stereocenters. The van der Waals surface area contributed by atoms with Crippen LogP contribution in [-0.2, 0) is 17.7 Å². The van der Waals surface area contributed by atoms with Crippen LogP contribution in [0.1, 0.15) is 44.7 Å². The van der Waals surface area contributed by atoms with E-state index in [0.717, 1.165) is 24.2 Å². The lowest BCUT2D eigenvalue weighted by atomic mass is 10.1. The molecule has 10 heteroatoms. The van der Waals surface area contributed by atoms with Crippen molar-refractivity contribution >= 4 is 11.9 Å². The Morgan fingerprint density at radius 3 is 2.48 bits per heavy atom. The smallest absolute Gasteiger partial charge is 0.356 e. The number of rotatable bonds is 8. The van der Waals surface area contributed by atoms with Crippen LogP contribution in [0.3, 0.4) is 0 Å². The molecule has 0 radical (unpaired) electrons. The topological polar surface area (TPSA) is 153 Å². The number of carbonyl (C=O) groups excluding carboxylic acids is 1. The number of methoxy groups -OCH3 is 1. The number of esters is 1. The molecule has 3 rings (SSSR count). The fourth-order valence-corrected chi connectivity index (χ4v) is 2.80. The van der Waals surface area contributed by atoms with Crippen molar-refractivity contribution in [2.75, 3.05) is 20.3 Å². The summed E-state index contributed by atoms with van der Waals surface area (Å²) in [7, 11) is 1.19. The van der Waals surface area contributed by atoms with Crippen molar-refractivity contribution in [1.82, 2.24) is 14.5 Å². The minimum Gasteiger partial charge on any atom is -0.494 e. The first-order chi connectivity index (χ1) is 15.9. The van der Waals surface area contributed by atoms with Crippen molar-refractivity contribution in [2.24, 2.45) is 5.73 Å². The Hall–Kier alpha value is -4.23. The molecular formula is C23H25N5O5. The molecule has 0 amide bonds. The fourth-order valence-electron chi connectivity index (χ4n) is 2.80. The number of carboxylic acid groups (broad SMARTS) is 1. The largest absolute Gasteiger partial charge is 0.494 e. The van der Waals surface area contributed by atoms with Gasteiger partial charge < -0.3 is 24.9 Å². The van der Waals surface area contributed by atoms with Crippen molar-refractivity contribution in [3.05, 3.63) is 77.1 Å². The van der Waals surface area contributed by atoms with Gasteiger partial charge in [0.05, 0.1) is 31.7 Å². The van der Waals surface area contributed by atoms with Gasteiger partial charge in [-0.2, -0.15) is 5.26 Å². The summed E-state index contributed by atoms with van der Waals surface area (Å²) in [6, 6.07) is 12.3. The van der Waals surface area contributed by atoms with E-state index in [-0.39, 0.29) is 17.1 Å². The number of carboxylic acids is 1. The molecule has 0 saturated heterocycles. The van der Waals surface area contributed by atoms with E-state index in [9.17, 15) is 9.59 Å². The standard InChI is InChI=1S/C13H14N4.C10H11NO5/c14-6-5-13-8-16-10-17(13)9-12-3-1-11(7-15)2-4-12;1-3-16-6-4-7(9(12)13)11-8(5-6)10(14)15-2/h1-4,8,10H,5-6,9,14H2;4-5H,3H2,1-2H3,(H,12,13). The number of nitriles is 1. The molecule has 172 valence electrons. The SMILES string of the molecule is CCOc1cc(C(=O)O)nc(C(=O)OC)c1.N#Cc1ccc(Cn2cncc2CCN)cc1. The Bertz CT molecular complexity index is 1120. The van der Waals surface area contributed by atoms with Crippen LogP contribution in [0.2, 0.25) is 0 Å². The van der Waals surface area contributed by atoms with E-state index >= 15 is 0 Å². The second-order valence-corrected chi connectivity index (χ2v) is 6.66. The van der Waals surface area contributed by atoms with Crippen LogP contribution in [-0.4, -0.2) is 51.8 Å². The van der Waals surface area contributed by atoms with Gasteiger partial charge in [0.1, 0.15) is 5.75 Å². The number of aromatic carboxylic acids is 1. The minimum atomic E-state index is -1.23. The minimum absolute atomic E-state index is 0.0918. The Morgan fingerprint density at radius 2 is 1.91 bits per heavy atom. The van der Waals surface area contributed by atoms with Gasteiger partial charge in [-0.3, -0.25) is 0 Å². The summed E-state index contributed by atoms with van der Waals surface area (Å²) in [5, 5.41) is 17.5. The third-order valence-electron chi connectivity index (χ3n) is 4.36. The fraction of sp³-hybridized carbons (Fsp3) is 0.261. The van der Waals surface area contributed by atoms with Gasteiger partial charge in [0.15, 0.2) is 11.4 Å². The summed E-state index contributed by atoms with van der Waals surface area (Å²) >= 11 is 0. The predicted molar refractivity (Wildman–Crippen MR) is 119 cm³/mol. The lowest BCUT2D eigenvalue weighted by Gasteiger charge is -2.07. The quantitative estimate of drug-likeness (QED) is 0.491. The lowest BCUT2D eigenvalue weighted by Crippen LogP contribution is -2.10. The first-order valence-corrected chi connectivity index (χ1v) is 10.1. The number of hydrogen-bond donors (Lipinski definition) is 2. The number of ether oxygens (including phenoxy) is 2. The van der Waals surface area contributed by atoms with E-state index in [0.29, 0.717) is 18.7 Å². The first-order valence-electron chi connectivity index (χ1n) is 10.1. The molecular weight excluding hydrogens is 426 g/mol. The molecule has 33 heavy (non-hydrogen) atoms. The lowest BCUT2D eigenvalue weighted by molar-refractivity contribution is 0.0593. The first kappa shape index (κ1) is 25.0. The highest BCUT2D eigenvalue weighted by molar-refractivity contribution is 5.91. The van der Waals surface area contributed by atoms with E-state index in [1.807, 2.05) is 36.8 Å². The number of aromatic nitrogens is 3. The molecule has 1 aromatic carbocycles. The van der Waals surface area contributed by atoms with Gasteiger partial charge in [0.25, 0.3) is 0 Å². The molecule has 3 N–H and O–H groups in total. The Labute approximate surface area is 191 Å². The van der Waals surface area contributed by atoms with E-state index in [1.165, 1.54) is 19.2 Å². The van der Waals surface area contributed by atoms with Crippen LogP contribution in [0.25, 0.3) is 0 Å². The van der Waals surface area contributed by atoms with E-state index in [4.69, 9.17) is 20.8 Å². The maximum Gasteiger partial charge on any atom is 0.356 e. The van der Waals surface area contributed by atoms with Gasteiger partial charge in [-0.25, -0.2) is 19.6 Å². The molecule has 2 aromatic heterocycles. The number of hydrogen-bond acceptors (Lipinski definition) is 8. The summed E-state index contributed by atoms with van der Waals surface area (Å²) in [5.41, 5.74) is 8.16. The number of nitrogens with zero attached hydrogens (tertiary/aromatic N) is 4. The van der Waals surface area contributed by atoms with Gasteiger partial charge in [-0.15, -0.1) is 0 Å². The molecule has 0 saturated carbocycles. The number of nitrogens with two attached hydrogens (primary N) is 1. The highest BCUT2D eigenvalue weighted by Crippen LogP contribution is 2.15. The van der Waals surface area contributed by atoms with Gasteiger partial charge in [-0.1, -0.05) is 12.1 Å².